The van der Waals surface area contributed by atoms with Gasteiger partial charge in [-0.3, -0.25) is 14.4 Å². The first-order chi connectivity index (χ1) is 11.7. The Balaban J connectivity index is 1.73. The Morgan fingerprint density at radius 2 is 2.00 bits per heavy atom. The monoisotopic (exact) mass is 328 g/mol. The molecular weight excluding hydrogens is 307 g/mol. The van der Waals surface area contributed by atoms with E-state index >= 15 is 0 Å². The quantitative estimate of drug-likeness (QED) is 0.861. The Hall–Kier alpha value is -2.43. The molecular formula is C19H21FN2O2. The molecule has 126 valence electrons. The molecule has 0 atom stereocenters. The van der Waals surface area contributed by atoms with Gasteiger partial charge < -0.3 is 4.74 Å². The second-order valence-electron chi connectivity index (χ2n) is 5.99. The number of halogens is 1. The van der Waals surface area contributed by atoms with Crippen molar-refractivity contribution in [3.8, 4) is 5.75 Å². The van der Waals surface area contributed by atoms with Crippen molar-refractivity contribution in [1.29, 1.82) is 0 Å². The van der Waals surface area contributed by atoms with Crippen LogP contribution in [0, 0.1) is 5.82 Å². The summed E-state index contributed by atoms with van der Waals surface area (Å²) < 4.78 is 20.1. The van der Waals surface area contributed by atoms with Crippen molar-refractivity contribution >= 4 is 5.91 Å². The Kier molecular flexibility index (Phi) is 5.41. The van der Waals surface area contributed by atoms with E-state index in [9.17, 15) is 9.18 Å². The van der Waals surface area contributed by atoms with Crippen molar-refractivity contribution in [3.05, 3.63) is 60.0 Å². The minimum Gasteiger partial charge on any atom is -0.484 e. The number of hydrogen-bond acceptors (Lipinski definition) is 3. The molecule has 1 heterocycles. The molecule has 0 saturated heterocycles. The van der Waals surface area contributed by atoms with Gasteiger partial charge in [0.25, 0.3) is 5.91 Å². The molecule has 0 bridgehead atoms. The van der Waals surface area contributed by atoms with Gasteiger partial charge in [-0.05, 0) is 37.1 Å². The minimum absolute atomic E-state index is 0.161. The number of carbonyl (C=O) groups excluding carboxylic acids is 1. The molecule has 3 rings (SSSR count). The fourth-order valence-electron chi connectivity index (χ4n) is 2.92. The van der Waals surface area contributed by atoms with Crippen LogP contribution in [0.25, 0.3) is 0 Å². The SMILES string of the molecule is O=C(COc1cccc(F)c1)n1ccccc1=NC1CCCCC1. The fourth-order valence-corrected chi connectivity index (χ4v) is 2.92. The third-order valence-electron chi connectivity index (χ3n) is 4.15. The van der Waals surface area contributed by atoms with Crippen molar-refractivity contribution < 1.29 is 13.9 Å². The third-order valence-corrected chi connectivity index (χ3v) is 4.15. The molecule has 1 saturated carbocycles. The van der Waals surface area contributed by atoms with E-state index in [2.05, 4.69) is 0 Å². The summed E-state index contributed by atoms with van der Waals surface area (Å²) in [6.45, 7) is -0.161. The van der Waals surface area contributed by atoms with Crippen molar-refractivity contribution in [2.75, 3.05) is 6.61 Å². The number of ether oxygens (including phenoxy) is 1. The van der Waals surface area contributed by atoms with Crippen LogP contribution in [0.1, 0.15) is 36.9 Å². The molecule has 1 aromatic heterocycles. The normalized spacial score (nSPS) is 16.1. The summed E-state index contributed by atoms with van der Waals surface area (Å²) in [6.07, 6.45) is 7.49. The summed E-state index contributed by atoms with van der Waals surface area (Å²) in [7, 11) is 0. The molecule has 0 unspecified atom stereocenters. The van der Waals surface area contributed by atoms with Crippen LogP contribution in [0.2, 0.25) is 0 Å². The molecule has 0 amide bonds. The Morgan fingerprint density at radius 1 is 1.17 bits per heavy atom. The number of benzene rings is 1. The van der Waals surface area contributed by atoms with E-state index in [-0.39, 0.29) is 24.4 Å². The first-order valence-corrected chi connectivity index (χ1v) is 8.35. The summed E-state index contributed by atoms with van der Waals surface area (Å²) in [5.41, 5.74) is 0.650. The summed E-state index contributed by atoms with van der Waals surface area (Å²) in [5.74, 6) is -0.277. The number of pyridine rings is 1. The van der Waals surface area contributed by atoms with Gasteiger partial charge in [0.15, 0.2) is 6.61 Å². The lowest BCUT2D eigenvalue weighted by molar-refractivity contribution is 0.0831. The van der Waals surface area contributed by atoms with Crippen LogP contribution >= 0.6 is 0 Å². The zero-order valence-electron chi connectivity index (χ0n) is 13.5. The lowest BCUT2D eigenvalue weighted by Gasteiger charge is -2.17. The van der Waals surface area contributed by atoms with Crippen LogP contribution in [0.3, 0.4) is 0 Å². The highest BCUT2D eigenvalue weighted by Gasteiger charge is 2.13. The first-order valence-electron chi connectivity index (χ1n) is 8.35. The second-order valence-corrected chi connectivity index (χ2v) is 5.99. The molecule has 2 aromatic rings. The van der Waals surface area contributed by atoms with Crippen LogP contribution in [-0.4, -0.2) is 23.1 Å². The molecule has 4 nitrogen and oxygen atoms in total. The number of rotatable bonds is 4. The van der Waals surface area contributed by atoms with Crippen molar-refractivity contribution in [3.63, 3.8) is 0 Å². The van der Waals surface area contributed by atoms with Gasteiger partial charge in [0, 0.05) is 12.3 Å². The lowest BCUT2D eigenvalue weighted by atomic mass is 9.96. The van der Waals surface area contributed by atoms with E-state index < -0.39 is 0 Å². The lowest BCUT2D eigenvalue weighted by Crippen LogP contribution is -2.32. The highest BCUT2D eigenvalue weighted by atomic mass is 19.1. The Labute approximate surface area is 140 Å². The second kappa shape index (κ2) is 7.90. The van der Waals surface area contributed by atoms with Gasteiger partial charge in [0.1, 0.15) is 17.1 Å². The molecule has 0 N–H and O–H groups in total. The van der Waals surface area contributed by atoms with E-state index in [1.165, 1.54) is 36.0 Å². The highest BCUT2D eigenvalue weighted by Crippen LogP contribution is 2.19. The number of hydrogen-bond donors (Lipinski definition) is 0. The van der Waals surface area contributed by atoms with Gasteiger partial charge in [0.05, 0.1) is 6.04 Å². The van der Waals surface area contributed by atoms with Crippen LogP contribution in [0.5, 0.6) is 5.75 Å². The largest absolute Gasteiger partial charge is 0.484 e. The van der Waals surface area contributed by atoms with Gasteiger partial charge in [-0.15, -0.1) is 0 Å². The summed E-state index contributed by atoms with van der Waals surface area (Å²) in [5, 5.41) is 0. The maximum absolute atomic E-state index is 13.2. The van der Waals surface area contributed by atoms with Gasteiger partial charge in [-0.25, -0.2) is 4.39 Å². The molecule has 5 heteroatoms. The molecule has 24 heavy (non-hydrogen) atoms. The van der Waals surface area contributed by atoms with Gasteiger partial charge in [-0.1, -0.05) is 31.4 Å². The van der Waals surface area contributed by atoms with Crippen LogP contribution < -0.4 is 10.2 Å². The van der Waals surface area contributed by atoms with Gasteiger partial charge in [-0.2, -0.15) is 0 Å². The zero-order chi connectivity index (χ0) is 16.8. The molecule has 1 aliphatic rings. The number of aromatic nitrogens is 1. The van der Waals surface area contributed by atoms with Crippen LogP contribution in [0.4, 0.5) is 4.39 Å². The zero-order valence-corrected chi connectivity index (χ0v) is 13.5. The number of carbonyl (C=O) groups is 1. The summed E-state index contributed by atoms with van der Waals surface area (Å²) in [4.78, 5) is 17.2. The molecule has 0 spiro atoms. The van der Waals surface area contributed by atoms with Crippen molar-refractivity contribution in [1.82, 2.24) is 4.57 Å². The molecule has 1 aromatic carbocycles. The molecule has 0 radical (unpaired) electrons. The fraction of sp³-hybridized carbons (Fsp3) is 0.368. The third kappa shape index (κ3) is 4.31. The Morgan fingerprint density at radius 3 is 2.79 bits per heavy atom. The predicted octanol–water partition coefficient (Wildman–Crippen LogP) is 3.58. The van der Waals surface area contributed by atoms with Gasteiger partial charge in [0.2, 0.25) is 0 Å². The average molecular weight is 328 g/mol. The first kappa shape index (κ1) is 16.4. The van der Waals surface area contributed by atoms with Crippen molar-refractivity contribution in [2.24, 2.45) is 4.99 Å². The Bertz CT molecular complexity index is 764. The van der Waals surface area contributed by atoms with Crippen molar-refractivity contribution in [2.45, 2.75) is 38.1 Å². The van der Waals surface area contributed by atoms with E-state index in [1.807, 2.05) is 12.1 Å². The van der Waals surface area contributed by atoms with E-state index in [1.54, 1.807) is 24.4 Å². The summed E-state index contributed by atoms with van der Waals surface area (Å²) >= 11 is 0. The maximum Gasteiger partial charge on any atom is 0.270 e. The number of nitrogens with zero attached hydrogens (tertiary/aromatic N) is 2. The molecule has 1 fully saturated rings. The molecule has 1 aliphatic carbocycles. The topological polar surface area (TPSA) is 43.6 Å². The predicted molar refractivity (Wildman–Crippen MR) is 89.4 cm³/mol. The van der Waals surface area contributed by atoms with Crippen LogP contribution in [-0.2, 0) is 0 Å². The van der Waals surface area contributed by atoms with E-state index in [4.69, 9.17) is 9.73 Å². The smallest absolute Gasteiger partial charge is 0.270 e. The maximum atomic E-state index is 13.2. The van der Waals surface area contributed by atoms with Crippen LogP contribution in [0.15, 0.2) is 53.7 Å². The summed E-state index contributed by atoms with van der Waals surface area (Å²) in [6, 6.07) is 11.6. The molecule has 0 aliphatic heterocycles. The average Bonchev–Trinajstić information content (AvgIpc) is 2.61. The van der Waals surface area contributed by atoms with E-state index in [0.29, 0.717) is 11.2 Å². The van der Waals surface area contributed by atoms with Gasteiger partial charge >= 0.3 is 0 Å². The highest BCUT2D eigenvalue weighted by molar-refractivity contribution is 5.80. The standard InChI is InChI=1S/C19H21FN2O2/c20-15-7-6-10-17(13-15)24-14-19(23)22-12-5-4-11-18(22)21-16-8-2-1-3-9-16/h4-7,10-13,16H,1-3,8-9,14H2. The minimum atomic E-state index is -0.389. The van der Waals surface area contributed by atoms with E-state index in [0.717, 1.165) is 12.8 Å².